The number of carbonyl (C=O) groups excluding carboxylic acids is 1. The third kappa shape index (κ3) is 3.50. The third-order valence-corrected chi connectivity index (χ3v) is 4.45. The van der Waals surface area contributed by atoms with Crippen molar-refractivity contribution in [1.29, 1.82) is 0 Å². The molecule has 0 aromatic heterocycles. The molecule has 0 saturated carbocycles. The number of hydrogen-bond acceptors (Lipinski definition) is 3. The number of carboxylic acid groups (broad SMARTS) is 1. The van der Waals surface area contributed by atoms with Crippen molar-refractivity contribution in [3.05, 3.63) is 30.1 Å². The van der Waals surface area contributed by atoms with Crippen LogP contribution >= 0.6 is 11.8 Å². The molecule has 0 unspecified atom stereocenters. The van der Waals surface area contributed by atoms with Gasteiger partial charge in [-0.25, -0.2) is 4.39 Å². The Balaban J connectivity index is 1.87. The molecule has 108 valence electrons. The fraction of sp³-hybridized carbons (Fsp3) is 0.429. The van der Waals surface area contributed by atoms with Crippen LogP contribution in [-0.2, 0) is 9.59 Å². The first kappa shape index (κ1) is 14.8. The summed E-state index contributed by atoms with van der Waals surface area (Å²) in [6.45, 7) is 2.61. The zero-order chi connectivity index (χ0) is 14.7. The molecule has 0 aliphatic carbocycles. The van der Waals surface area contributed by atoms with Crippen molar-refractivity contribution < 1.29 is 19.1 Å². The van der Waals surface area contributed by atoms with Gasteiger partial charge in [0, 0.05) is 18.0 Å². The van der Waals surface area contributed by atoms with Gasteiger partial charge in [-0.1, -0.05) is 6.92 Å². The lowest BCUT2D eigenvalue weighted by atomic mass is 9.99. The number of benzene rings is 1. The van der Waals surface area contributed by atoms with Gasteiger partial charge in [0.05, 0.1) is 11.7 Å². The number of carbonyl (C=O) groups is 2. The Labute approximate surface area is 121 Å². The van der Waals surface area contributed by atoms with Crippen molar-refractivity contribution in [1.82, 2.24) is 4.90 Å². The molecular weight excluding hydrogens is 281 g/mol. The number of nitrogens with zero attached hydrogens (tertiary/aromatic N) is 1. The van der Waals surface area contributed by atoms with Gasteiger partial charge in [0.15, 0.2) is 0 Å². The van der Waals surface area contributed by atoms with Crippen LogP contribution in [0.5, 0.6) is 0 Å². The number of hydrogen-bond donors (Lipinski definition) is 1. The molecule has 1 aromatic carbocycles. The maximum absolute atomic E-state index is 12.8. The van der Waals surface area contributed by atoms with Crippen molar-refractivity contribution in [2.75, 3.05) is 18.8 Å². The second-order valence-electron chi connectivity index (χ2n) is 4.96. The summed E-state index contributed by atoms with van der Waals surface area (Å²) in [6, 6.07) is 5.95. The number of halogens is 1. The first-order valence-corrected chi connectivity index (χ1v) is 7.35. The van der Waals surface area contributed by atoms with E-state index in [9.17, 15) is 14.0 Å². The molecule has 1 amide bonds. The molecule has 20 heavy (non-hydrogen) atoms. The van der Waals surface area contributed by atoms with Gasteiger partial charge in [-0.15, -0.1) is 11.8 Å². The molecular formula is C14H16FNO3S. The van der Waals surface area contributed by atoms with Crippen LogP contribution in [0.4, 0.5) is 4.39 Å². The number of carboxylic acids is 1. The molecule has 0 bridgehead atoms. The number of likely N-dealkylation sites (tertiary alicyclic amines) is 1. The summed E-state index contributed by atoms with van der Waals surface area (Å²) in [5.74, 6) is -1.49. The molecule has 1 aromatic rings. The first-order valence-electron chi connectivity index (χ1n) is 6.36. The lowest BCUT2D eigenvalue weighted by Gasteiger charge is -2.15. The van der Waals surface area contributed by atoms with E-state index in [0.29, 0.717) is 6.54 Å². The van der Waals surface area contributed by atoms with E-state index in [4.69, 9.17) is 5.11 Å². The van der Waals surface area contributed by atoms with E-state index in [1.165, 1.54) is 23.9 Å². The fourth-order valence-corrected chi connectivity index (χ4v) is 3.06. The van der Waals surface area contributed by atoms with Crippen LogP contribution in [-0.4, -0.2) is 40.7 Å². The number of rotatable bonds is 4. The molecule has 2 atom stereocenters. The SMILES string of the molecule is C[C@@H]1CN(C(=O)CSc2ccc(F)cc2)C[C@H]1C(=O)O. The van der Waals surface area contributed by atoms with Crippen LogP contribution in [0.15, 0.2) is 29.2 Å². The molecule has 1 fully saturated rings. The molecule has 1 aliphatic heterocycles. The van der Waals surface area contributed by atoms with Crippen molar-refractivity contribution in [3.8, 4) is 0 Å². The maximum Gasteiger partial charge on any atom is 0.308 e. The molecule has 1 N–H and O–H groups in total. The summed E-state index contributed by atoms with van der Waals surface area (Å²) in [5, 5.41) is 9.04. The molecule has 1 heterocycles. The number of thioether (sulfide) groups is 1. The number of amides is 1. The van der Waals surface area contributed by atoms with Crippen molar-refractivity contribution in [3.63, 3.8) is 0 Å². The molecule has 4 nitrogen and oxygen atoms in total. The summed E-state index contributed by atoms with van der Waals surface area (Å²) >= 11 is 1.33. The van der Waals surface area contributed by atoms with E-state index in [1.807, 2.05) is 6.92 Å². The minimum Gasteiger partial charge on any atom is -0.481 e. The Morgan fingerprint density at radius 1 is 1.35 bits per heavy atom. The van der Waals surface area contributed by atoms with Crippen LogP contribution < -0.4 is 0 Å². The van der Waals surface area contributed by atoms with E-state index in [0.717, 1.165) is 4.90 Å². The van der Waals surface area contributed by atoms with Crippen LogP contribution in [0, 0.1) is 17.7 Å². The third-order valence-electron chi connectivity index (χ3n) is 3.46. The predicted molar refractivity (Wildman–Crippen MR) is 74.0 cm³/mol. The Morgan fingerprint density at radius 2 is 2.00 bits per heavy atom. The summed E-state index contributed by atoms with van der Waals surface area (Å²) in [5.41, 5.74) is 0. The van der Waals surface area contributed by atoms with Crippen molar-refractivity contribution in [2.45, 2.75) is 11.8 Å². The standard InChI is InChI=1S/C14H16FNO3S/c1-9-6-16(7-12(9)14(18)19)13(17)8-20-11-4-2-10(15)3-5-11/h2-5,9,12H,6-8H2,1H3,(H,18,19)/t9-,12-/m1/s1. The van der Waals surface area contributed by atoms with Crippen molar-refractivity contribution >= 4 is 23.6 Å². The average molecular weight is 297 g/mol. The van der Waals surface area contributed by atoms with Gasteiger partial charge < -0.3 is 10.0 Å². The van der Waals surface area contributed by atoms with Crippen LogP contribution in [0.25, 0.3) is 0 Å². The Hall–Kier alpha value is -1.56. The number of aliphatic carboxylic acids is 1. The largest absolute Gasteiger partial charge is 0.481 e. The van der Waals surface area contributed by atoms with E-state index >= 15 is 0 Å². The topological polar surface area (TPSA) is 57.6 Å². The van der Waals surface area contributed by atoms with Gasteiger partial charge in [0.1, 0.15) is 5.82 Å². The smallest absolute Gasteiger partial charge is 0.308 e. The van der Waals surface area contributed by atoms with Gasteiger partial charge in [-0.3, -0.25) is 9.59 Å². The predicted octanol–water partition coefficient (Wildman–Crippen LogP) is 2.10. The van der Waals surface area contributed by atoms with Crippen molar-refractivity contribution in [2.24, 2.45) is 11.8 Å². The van der Waals surface area contributed by atoms with Gasteiger partial charge in [-0.2, -0.15) is 0 Å². The van der Waals surface area contributed by atoms with Gasteiger partial charge in [-0.05, 0) is 30.2 Å². The quantitative estimate of drug-likeness (QED) is 0.865. The molecule has 0 radical (unpaired) electrons. The summed E-state index contributed by atoms with van der Waals surface area (Å²) in [6.07, 6.45) is 0. The van der Waals surface area contributed by atoms with Gasteiger partial charge in [0.2, 0.25) is 5.91 Å². The van der Waals surface area contributed by atoms with E-state index in [2.05, 4.69) is 0 Å². The average Bonchev–Trinajstić information content (AvgIpc) is 2.80. The molecule has 0 spiro atoms. The van der Waals surface area contributed by atoms with E-state index < -0.39 is 11.9 Å². The highest BCUT2D eigenvalue weighted by molar-refractivity contribution is 8.00. The fourth-order valence-electron chi connectivity index (χ4n) is 2.26. The van der Waals surface area contributed by atoms with Crippen LogP contribution in [0.3, 0.4) is 0 Å². The first-order chi connectivity index (χ1) is 9.47. The molecule has 6 heteroatoms. The van der Waals surface area contributed by atoms with Crippen LogP contribution in [0.2, 0.25) is 0 Å². The van der Waals surface area contributed by atoms with Gasteiger partial charge in [0.25, 0.3) is 0 Å². The molecule has 2 rings (SSSR count). The molecule has 1 aliphatic rings. The lowest BCUT2D eigenvalue weighted by Crippen LogP contribution is -2.31. The lowest BCUT2D eigenvalue weighted by molar-refractivity contribution is -0.142. The summed E-state index contributed by atoms with van der Waals surface area (Å²) in [7, 11) is 0. The van der Waals surface area contributed by atoms with Crippen LogP contribution in [0.1, 0.15) is 6.92 Å². The Morgan fingerprint density at radius 3 is 2.55 bits per heavy atom. The van der Waals surface area contributed by atoms with E-state index in [-0.39, 0.29) is 29.9 Å². The summed E-state index contributed by atoms with van der Waals surface area (Å²) < 4.78 is 12.8. The minimum atomic E-state index is -0.848. The van der Waals surface area contributed by atoms with Gasteiger partial charge >= 0.3 is 5.97 Å². The zero-order valence-corrected chi connectivity index (χ0v) is 11.9. The second-order valence-corrected chi connectivity index (χ2v) is 6.01. The second kappa shape index (κ2) is 6.26. The maximum atomic E-state index is 12.8. The minimum absolute atomic E-state index is 0.0210. The highest BCUT2D eigenvalue weighted by Gasteiger charge is 2.36. The Kier molecular flexibility index (Phi) is 4.65. The Bertz CT molecular complexity index is 506. The van der Waals surface area contributed by atoms with E-state index in [1.54, 1.807) is 17.0 Å². The highest BCUT2D eigenvalue weighted by Crippen LogP contribution is 2.25. The normalized spacial score (nSPS) is 22.0. The zero-order valence-electron chi connectivity index (χ0n) is 11.1. The molecule has 1 saturated heterocycles. The monoisotopic (exact) mass is 297 g/mol. The highest BCUT2D eigenvalue weighted by atomic mass is 32.2. The summed E-state index contributed by atoms with van der Waals surface area (Å²) in [4.78, 5) is 25.5.